The summed E-state index contributed by atoms with van der Waals surface area (Å²) in [6, 6.07) is 3.87. The van der Waals surface area contributed by atoms with E-state index in [0.29, 0.717) is 0 Å². The van der Waals surface area contributed by atoms with E-state index in [-0.39, 0.29) is 16.3 Å². The lowest BCUT2D eigenvalue weighted by molar-refractivity contribution is 0.0697. The van der Waals surface area contributed by atoms with Crippen LogP contribution in [0.15, 0.2) is 41.7 Å². The van der Waals surface area contributed by atoms with Crippen LogP contribution in [0, 0.1) is 0 Å². The fourth-order valence-electron chi connectivity index (χ4n) is 1.45. The summed E-state index contributed by atoms with van der Waals surface area (Å²) >= 11 is 0. The van der Waals surface area contributed by atoms with Crippen LogP contribution in [0.25, 0.3) is 0 Å². The maximum absolute atomic E-state index is 12.0. The van der Waals surface area contributed by atoms with Crippen LogP contribution in [-0.4, -0.2) is 29.0 Å². The Morgan fingerprint density at radius 3 is 2.74 bits per heavy atom. The summed E-state index contributed by atoms with van der Waals surface area (Å²) in [6.45, 7) is 0. The number of pyridine rings is 1. The summed E-state index contributed by atoms with van der Waals surface area (Å²) in [5, 5.41) is 8.82. The van der Waals surface area contributed by atoms with E-state index in [2.05, 4.69) is 9.71 Å². The van der Waals surface area contributed by atoms with E-state index < -0.39 is 16.0 Å². The molecule has 100 valence electrons. The lowest BCUT2D eigenvalue weighted by Crippen LogP contribution is -2.14. The van der Waals surface area contributed by atoms with Gasteiger partial charge in [0.15, 0.2) is 0 Å². The van der Waals surface area contributed by atoms with Gasteiger partial charge in [-0.1, -0.05) is 0 Å². The first-order valence-electron chi connectivity index (χ1n) is 5.22. The Morgan fingerprint density at radius 2 is 2.16 bits per heavy atom. The van der Waals surface area contributed by atoms with Gasteiger partial charge < -0.3 is 9.67 Å². The van der Waals surface area contributed by atoms with Crippen LogP contribution >= 0.6 is 0 Å². The first kappa shape index (κ1) is 13.1. The number of nitrogens with one attached hydrogen (secondary N) is 1. The van der Waals surface area contributed by atoms with Crippen molar-refractivity contribution in [1.29, 1.82) is 0 Å². The molecule has 19 heavy (non-hydrogen) atoms. The Bertz CT molecular complexity index is 721. The quantitative estimate of drug-likeness (QED) is 0.867. The average molecular weight is 281 g/mol. The first-order valence-corrected chi connectivity index (χ1v) is 6.71. The first-order chi connectivity index (χ1) is 8.88. The molecule has 0 aliphatic heterocycles. The van der Waals surface area contributed by atoms with E-state index >= 15 is 0 Å². The minimum absolute atomic E-state index is 0.0382. The second-order valence-corrected chi connectivity index (χ2v) is 5.54. The van der Waals surface area contributed by atoms with Gasteiger partial charge in [-0.15, -0.1) is 0 Å². The molecule has 0 radical (unpaired) electrons. The zero-order valence-electron chi connectivity index (χ0n) is 9.94. The molecule has 0 saturated heterocycles. The van der Waals surface area contributed by atoms with Crippen LogP contribution in [0.5, 0.6) is 0 Å². The van der Waals surface area contributed by atoms with Gasteiger partial charge in [-0.2, -0.15) is 0 Å². The summed E-state index contributed by atoms with van der Waals surface area (Å²) in [6.07, 6.45) is 4.26. The van der Waals surface area contributed by atoms with Crippen molar-refractivity contribution in [3.05, 3.63) is 42.4 Å². The molecule has 0 aromatic carbocycles. The number of hydrogen-bond acceptors (Lipinski definition) is 4. The molecule has 2 aromatic heterocycles. The second-order valence-electron chi connectivity index (χ2n) is 3.85. The number of carboxylic acid groups (broad SMARTS) is 1. The maximum Gasteiger partial charge on any atom is 0.335 e. The molecule has 7 nitrogen and oxygen atoms in total. The number of rotatable bonds is 4. The van der Waals surface area contributed by atoms with Crippen LogP contribution in [0.4, 0.5) is 5.82 Å². The molecule has 0 spiro atoms. The number of sulfonamides is 1. The van der Waals surface area contributed by atoms with Gasteiger partial charge in [-0.25, -0.2) is 18.2 Å². The van der Waals surface area contributed by atoms with Crippen molar-refractivity contribution in [2.75, 3.05) is 4.72 Å². The molecule has 0 aliphatic rings. The lowest BCUT2D eigenvalue weighted by atomic mass is 10.3. The van der Waals surface area contributed by atoms with Crippen molar-refractivity contribution < 1.29 is 18.3 Å². The Labute approximate surface area is 109 Å². The fraction of sp³-hybridized carbons (Fsp3) is 0.0909. The molecule has 0 bridgehead atoms. The van der Waals surface area contributed by atoms with Gasteiger partial charge in [-0.3, -0.25) is 4.72 Å². The smallest absolute Gasteiger partial charge is 0.335 e. The van der Waals surface area contributed by atoms with Gasteiger partial charge in [0.1, 0.15) is 10.7 Å². The Kier molecular flexibility index (Phi) is 3.26. The second kappa shape index (κ2) is 4.73. The zero-order valence-corrected chi connectivity index (χ0v) is 10.8. The average Bonchev–Trinajstić information content (AvgIpc) is 2.76. The van der Waals surface area contributed by atoms with Crippen LogP contribution in [-0.2, 0) is 17.1 Å². The number of aromatic nitrogens is 2. The molecular weight excluding hydrogens is 270 g/mol. The van der Waals surface area contributed by atoms with Gasteiger partial charge in [0, 0.05) is 25.6 Å². The number of hydrogen-bond donors (Lipinski definition) is 2. The molecule has 2 N–H and O–H groups in total. The van der Waals surface area contributed by atoms with Crippen molar-refractivity contribution in [2.24, 2.45) is 7.05 Å². The lowest BCUT2D eigenvalue weighted by Gasteiger charge is -2.05. The minimum Gasteiger partial charge on any atom is -0.478 e. The summed E-state index contributed by atoms with van der Waals surface area (Å²) in [4.78, 5) is 14.6. The summed E-state index contributed by atoms with van der Waals surface area (Å²) in [5.74, 6) is -1.19. The third kappa shape index (κ3) is 2.91. The van der Waals surface area contributed by atoms with E-state index in [1.165, 1.54) is 24.5 Å². The number of aryl methyl sites for hydroxylation is 1. The predicted molar refractivity (Wildman–Crippen MR) is 67.4 cm³/mol. The number of carbonyl (C=O) groups is 1. The molecular formula is C11H11N3O4S. The Hall–Kier alpha value is -2.35. The van der Waals surface area contributed by atoms with Crippen LogP contribution in [0.3, 0.4) is 0 Å². The molecule has 8 heteroatoms. The van der Waals surface area contributed by atoms with E-state index in [1.807, 2.05) is 0 Å². The molecule has 0 atom stereocenters. The summed E-state index contributed by atoms with van der Waals surface area (Å²) in [7, 11) is -2.06. The van der Waals surface area contributed by atoms with Gasteiger partial charge in [0.05, 0.1) is 5.56 Å². The van der Waals surface area contributed by atoms with E-state index in [1.54, 1.807) is 17.8 Å². The number of anilines is 1. The topological polar surface area (TPSA) is 101 Å². The van der Waals surface area contributed by atoms with Crippen molar-refractivity contribution in [3.63, 3.8) is 0 Å². The fourth-order valence-corrected chi connectivity index (χ4v) is 2.50. The van der Waals surface area contributed by atoms with Gasteiger partial charge >= 0.3 is 5.97 Å². The van der Waals surface area contributed by atoms with E-state index in [9.17, 15) is 13.2 Å². The molecule has 0 saturated carbocycles. The number of nitrogens with zero attached hydrogens (tertiary/aromatic N) is 2. The van der Waals surface area contributed by atoms with Crippen molar-refractivity contribution >= 4 is 21.8 Å². The highest BCUT2D eigenvalue weighted by Gasteiger charge is 2.16. The third-order valence-electron chi connectivity index (χ3n) is 2.36. The zero-order chi connectivity index (χ0) is 14.0. The summed E-state index contributed by atoms with van der Waals surface area (Å²) in [5.41, 5.74) is -0.0410. The Morgan fingerprint density at radius 1 is 1.42 bits per heavy atom. The van der Waals surface area contributed by atoms with Gasteiger partial charge in [0.2, 0.25) is 0 Å². The Balaban J connectivity index is 2.30. The van der Waals surface area contributed by atoms with Crippen LogP contribution in [0.2, 0.25) is 0 Å². The SMILES string of the molecule is Cn1ccc(S(=O)(=O)Nc2cc(C(=O)O)ccn2)c1. The normalized spacial score (nSPS) is 11.2. The molecule has 2 rings (SSSR count). The van der Waals surface area contributed by atoms with E-state index in [4.69, 9.17) is 5.11 Å². The molecule has 0 fully saturated rings. The standard InChI is InChI=1S/C11H11N3O4S/c1-14-5-3-9(7-14)19(17,18)13-10-6-8(11(15)16)2-4-12-10/h2-7H,1H3,(H,12,13)(H,15,16). The highest BCUT2D eigenvalue weighted by molar-refractivity contribution is 7.92. The number of aromatic carboxylic acids is 1. The number of carboxylic acids is 1. The molecule has 0 unspecified atom stereocenters. The van der Waals surface area contributed by atoms with Gasteiger partial charge in [0.25, 0.3) is 10.0 Å². The monoisotopic (exact) mass is 281 g/mol. The molecule has 2 heterocycles. The van der Waals surface area contributed by atoms with Crippen molar-refractivity contribution in [3.8, 4) is 0 Å². The van der Waals surface area contributed by atoms with E-state index in [0.717, 1.165) is 6.07 Å². The largest absolute Gasteiger partial charge is 0.478 e. The van der Waals surface area contributed by atoms with Gasteiger partial charge in [-0.05, 0) is 18.2 Å². The highest BCUT2D eigenvalue weighted by Crippen LogP contribution is 2.15. The third-order valence-corrected chi connectivity index (χ3v) is 3.70. The highest BCUT2D eigenvalue weighted by atomic mass is 32.2. The van der Waals surface area contributed by atoms with Crippen molar-refractivity contribution in [2.45, 2.75) is 4.90 Å². The minimum atomic E-state index is -3.76. The molecule has 0 aliphatic carbocycles. The predicted octanol–water partition coefficient (Wildman–Crippen LogP) is 0.919. The summed E-state index contributed by atoms with van der Waals surface area (Å²) < 4.78 is 27.8. The molecule has 0 amide bonds. The maximum atomic E-state index is 12.0. The van der Waals surface area contributed by atoms with Crippen molar-refractivity contribution in [1.82, 2.24) is 9.55 Å². The van der Waals surface area contributed by atoms with Crippen LogP contribution in [0.1, 0.15) is 10.4 Å². The molecule has 2 aromatic rings. The van der Waals surface area contributed by atoms with Crippen LogP contribution < -0.4 is 4.72 Å².